The van der Waals surface area contributed by atoms with Crippen molar-refractivity contribution in [1.82, 2.24) is 9.97 Å². The van der Waals surface area contributed by atoms with Crippen LogP contribution < -0.4 is 11.3 Å². The normalized spacial score (nSPS) is 10.7. The summed E-state index contributed by atoms with van der Waals surface area (Å²) in [6.45, 7) is 0. The van der Waals surface area contributed by atoms with Crippen LogP contribution in [0.5, 0.6) is 5.75 Å². The van der Waals surface area contributed by atoms with E-state index in [1.165, 1.54) is 18.2 Å². The van der Waals surface area contributed by atoms with Gasteiger partial charge in [-0.15, -0.1) is 0 Å². The Morgan fingerprint density at radius 3 is 2.71 bits per heavy atom. The summed E-state index contributed by atoms with van der Waals surface area (Å²) in [6.07, 6.45) is 0. The number of aromatic hydroxyl groups is 1. The molecular formula is C15H11N3O3. The van der Waals surface area contributed by atoms with E-state index in [2.05, 4.69) is 9.97 Å². The van der Waals surface area contributed by atoms with Crippen LogP contribution in [-0.2, 0) is 0 Å². The number of phenolic OH excluding ortho intramolecular Hbond substituents is 1. The van der Waals surface area contributed by atoms with Crippen molar-refractivity contribution < 1.29 is 9.90 Å². The summed E-state index contributed by atoms with van der Waals surface area (Å²) in [7, 11) is 0. The van der Waals surface area contributed by atoms with Gasteiger partial charge in [0, 0.05) is 5.56 Å². The number of aromatic amines is 1. The molecule has 0 saturated carbocycles. The topological polar surface area (TPSA) is 109 Å². The average Bonchev–Trinajstić information content (AvgIpc) is 2.47. The molecule has 0 aliphatic carbocycles. The van der Waals surface area contributed by atoms with Crippen LogP contribution in [0.25, 0.3) is 22.3 Å². The number of H-pyrrole nitrogens is 1. The molecule has 6 nitrogen and oxygen atoms in total. The maximum Gasteiger partial charge on any atom is 0.259 e. The van der Waals surface area contributed by atoms with Crippen LogP contribution in [0.1, 0.15) is 10.4 Å². The molecule has 2 aromatic carbocycles. The molecular weight excluding hydrogens is 270 g/mol. The molecule has 3 rings (SSSR count). The Morgan fingerprint density at radius 2 is 1.95 bits per heavy atom. The Kier molecular flexibility index (Phi) is 2.91. The molecule has 0 atom stereocenters. The summed E-state index contributed by atoms with van der Waals surface area (Å²) in [5.74, 6) is -0.355. The second-order valence-electron chi connectivity index (χ2n) is 4.53. The van der Waals surface area contributed by atoms with Crippen molar-refractivity contribution in [3.05, 3.63) is 58.4 Å². The maximum absolute atomic E-state index is 12.1. The van der Waals surface area contributed by atoms with Gasteiger partial charge < -0.3 is 15.8 Å². The van der Waals surface area contributed by atoms with Crippen LogP contribution in [0.2, 0.25) is 0 Å². The monoisotopic (exact) mass is 281 g/mol. The van der Waals surface area contributed by atoms with Crippen LogP contribution in [0.3, 0.4) is 0 Å². The Morgan fingerprint density at radius 1 is 1.19 bits per heavy atom. The Labute approximate surface area is 118 Å². The van der Waals surface area contributed by atoms with E-state index in [1.807, 2.05) is 0 Å². The van der Waals surface area contributed by atoms with Gasteiger partial charge in [-0.25, -0.2) is 4.98 Å². The highest BCUT2D eigenvalue weighted by atomic mass is 16.3. The van der Waals surface area contributed by atoms with Crippen molar-refractivity contribution >= 4 is 16.8 Å². The quantitative estimate of drug-likeness (QED) is 0.659. The van der Waals surface area contributed by atoms with Gasteiger partial charge in [-0.3, -0.25) is 9.59 Å². The second-order valence-corrected chi connectivity index (χ2v) is 4.53. The van der Waals surface area contributed by atoms with Gasteiger partial charge in [-0.05, 0) is 24.3 Å². The molecule has 1 aromatic heterocycles. The highest BCUT2D eigenvalue weighted by molar-refractivity contribution is 5.99. The number of primary amides is 1. The lowest BCUT2D eigenvalue weighted by Crippen LogP contribution is -2.15. The fourth-order valence-electron chi connectivity index (χ4n) is 2.16. The van der Waals surface area contributed by atoms with Crippen LogP contribution in [0.15, 0.2) is 47.3 Å². The van der Waals surface area contributed by atoms with Crippen molar-refractivity contribution in [1.29, 1.82) is 0 Å². The first-order chi connectivity index (χ1) is 10.1. The fraction of sp³-hybridized carbons (Fsp3) is 0. The minimum absolute atomic E-state index is 0.0138. The summed E-state index contributed by atoms with van der Waals surface area (Å²) >= 11 is 0. The Hall–Kier alpha value is -3.15. The standard InChI is InChI=1S/C15H11N3O3/c16-13(20)9-3-1-2-4-10(9)14-17-12-6-5-8(19)7-11(12)15(21)18-14/h1-7,19H,(H2,16,20)(H,17,18,21). The van der Waals surface area contributed by atoms with Crippen LogP contribution >= 0.6 is 0 Å². The van der Waals surface area contributed by atoms with Gasteiger partial charge in [0.1, 0.15) is 11.6 Å². The molecule has 0 aliphatic rings. The molecule has 6 heteroatoms. The van der Waals surface area contributed by atoms with Gasteiger partial charge in [0.05, 0.1) is 16.5 Å². The van der Waals surface area contributed by atoms with Gasteiger partial charge >= 0.3 is 0 Å². The number of hydrogen-bond acceptors (Lipinski definition) is 4. The molecule has 0 aliphatic heterocycles. The lowest BCUT2D eigenvalue weighted by molar-refractivity contribution is 0.100. The SMILES string of the molecule is NC(=O)c1ccccc1-c1nc2ccc(O)cc2c(=O)[nH]1. The lowest BCUT2D eigenvalue weighted by atomic mass is 10.1. The number of phenols is 1. The third kappa shape index (κ3) is 2.23. The van der Waals surface area contributed by atoms with Gasteiger partial charge in [-0.2, -0.15) is 0 Å². The van der Waals surface area contributed by atoms with Gasteiger partial charge in [0.25, 0.3) is 5.56 Å². The number of rotatable bonds is 2. The number of fused-ring (bicyclic) bond motifs is 1. The van der Waals surface area contributed by atoms with E-state index in [1.54, 1.807) is 24.3 Å². The first-order valence-corrected chi connectivity index (χ1v) is 6.18. The molecule has 0 bridgehead atoms. The number of carbonyl (C=O) groups is 1. The van der Waals surface area contributed by atoms with Crippen molar-refractivity contribution in [2.75, 3.05) is 0 Å². The summed E-state index contributed by atoms with van der Waals surface area (Å²) in [5.41, 5.74) is 6.09. The Bertz CT molecular complexity index is 915. The highest BCUT2D eigenvalue weighted by Crippen LogP contribution is 2.21. The second kappa shape index (κ2) is 4.75. The first-order valence-electron chi connectivity index (χ1n) is 6.18. The molecule has 4 N–H and O–H groups in total. The molecule has 104 valence electrons. The number of carbonyl (C=O) groups excluding carboxylic acids is 1. The number of nitrogens with zero attached hydrogens (tertiary/aromatic N) is 1. The minimum atomic E-state index is -0.598. The van der Waals surface area contributed by atoms with Crippen LogP contribution in [0, 0.1) is 0 Å². The molecule has 0 radical (unpaired) electrons. The van der Waals surface area contributed by atoms with Crippen LogP contribution in [0.4, 0.5) is 0 Å². The lowest BCUT2D eigenvalue weighted by Gasteiger charge is -2.07. The molecule has 21 heavy (non-hydrogen) atoms. The number of aromatic nitrogens is 2. The molecule has 0 fully saturated rings. The predicted octanol–water partition coefficient (Wildman–Crippen LogP) is 1.39. The third-order valence-electron chi connectivity index (χ3n) is 3.14. The van der Waals surface area contributed by atoms with Crippen molar-refractivity contribution in [2.24, 2.45) is 5.73 Å². The minimum Gasteiger partial charge on any atom is -0.508 e. The summed E-state index contributed by atoms with van der Waals surface area (Å²) in [5, 5.41) is 9.69. The molecule has 0 saturated heterocycles. The molecule has 3 aromatic rings. The van der Waals surface area contributed by atoms with E-state index in [0.717, 1.165) is 0 Å². The number of amides is 1. The smallest absolute Gasteiger partial charge is 0.259 e. The van der Waals surface area contributed by atoms with E-state index in [0.29, 0.717) is 11.1 Å². The average molecular weight is 281 g/mol. The van der Waals surface area contributed by atoms with E-state index in [9.17, 15) is 14.7 Å². The number of nitrogens with one attached hydrogen (secondary N) is 1. The van der Waals surface area contributed by atoms with Gasteiger partial charge in [0.2, 0.25) is 5.91 Å². The van der Waals surface area contributed by atoms with E-state index in [4.69, 9.17) is 5.73 Å². The van der Waals surface area contributed by atoms with E-state index < -0.39 is 11.5 Å². The fourth-order valence-corrected chi connectivity index (χ4v) is 2.16. The number of benzene rings is 2. The predicted molar refractivity (Wildman–Crippen MR) is 78.0 cm³/mol. The van der Waals surface area contributed by atoms with Crippen LogP contribution in [-0.4, -0.2) is 21.0 Å². The maximum atomic E-state index is 12.1. The summed E-state index contributed by atoms with van der Waals surface area (Å²) < 4.78 is 0. The zero-order valence-corrected chi connectivity index (χ0v) is 10.8. The number of nitrogens with two attached hydrogens (primary N) is 1. The van der Waals surface area contributed by atoms with E-state index in [-0.39, 0.29) is 22.5 Å². The number of hydrogen-bond donors (Lipinski definition) is 3. The van der Waals surface area contributed by atoms with Crippen molar-refractivity contribution in [3.63, 3.8) is 0 Å². The zero-order valence-electron chi connectivity index (χ0n) is 10.8. The molecule has 1 heterocycles. The first kappa shape index (κ1) is 12.9. The molecule has 0 spiro atoms. The van der Waals surface area contributed by atoms with Gasteiger partial charge in [0.15, 0.2) is 0 Å². The van der Waals surface area contributed by atoms with E-state index >= 15 is 0 Å². The summed E-state index contributed by atoms with van der Waals surface area (Å²) in [6, 6.07) is 11.0. The van der Waals surface area contributed by atoms with Gasteiger partial charge in [-0.1, -0.05) is 18.2 Å². The van der Waals surface area contributed by atoms with Crippen molar-refractivity contribution in [3.8, 4) is 17.1 Å². The summed E-state index contributed by atoms with van der Waals surface area (Å²) in [4.78, 5) is 30.5. The Balaban J connectivity index is 2.30. The largest absolute Gasteiger partial charge is 0.508 e. The zero-order chi connectivity index (χ0) is 15.0. The highest BCUT2D eigenvalue weighted by Gasteiger charge is 2.13. The van der Waals surface area contributed by atoms with Crippen molar-refractivity contribution in [2.45, 2.75) is 0 Å². The third-order valence-corrected chi connectivity index (χ3v) is 3.14. The molecule has 0 unspecified atom stereocenters. The molecule has 1 amide bonds.